The smallest absolute Gasteiger partial charge is 0.251 e. The summed E-state index contributed by atoms with van der Waals surface area (Å²) < 4.78 is 34.4. The van der Waals surface area contributed by atoms with Gasteiger partial charge in [-0.25, -0.2) is 13.8 Å². The fraction of sp³-hybridized carbons (Fsp3) is 0.417. The zero-order valence-corrected chi connectivity index (χ0v) is 20.6. The summed E-state index contributed by atoms with van der Waals surface area (Å²) >= 11 is 7.55. The summed E-state index contributed by atoms with van der Waals surface area (Å²) in [5.41, 5.74) is 0.348. The molecule has 2 N–H and O–H groups in total. The summed E-state index contributed by atoms with van der Waals surface area (Å²) in [4.78, 5) is 17.2. The number of hydrogen-bond acceptors (Lipinski definition) is 6. The molecule has 0 unspecified atom stereocenters. The highest BCUT2D eigenvalue weighted by atomic mass is 35.5. The van der Waals surface area contributed by atoms with Crippen LogP contribution in [0.25, 0.3) is 0 Å². The molecule has 1 saturated carbocycles. The lowest BCUT2D eigenvalue weighted by molar-refractivity contribution is 0.0918. The molecule has 0 saturated heterocycles. The van der Waals surface area contributed by atoms with E-state index in [0.29, 0.717) is 36.8 Å². The first kappa shape index (κ1) is 26.1. The number of halogens is 3. The lowest BCUT2D eigenvalue weighted by Gasteiger charge is -2.20. The summed E-state index contributed by atoms with van der Waals surface area (Å²) in [5, 5.41) is 6.35. The van der Waals surface area contributed by atoms with Crippen LogP contribution in [-0.2, 0) is 0 Å². The average Bonchev–Trinajstić information content (AvgIpc) is 3.62. The highest BCUT2D eigenvalue weighted by molar-refractivity contribution is 7.99. The third-order valence-corrected chi connectivity index (χ3v) is 5.96. The Morgan fingerprint density at radius 1 is 1.29 bits per heavy atom. The summed E-state index contributed by atoms with van der Waals surface area (Å²) in [6, 6.07) is 5.66. The molecule has 0 radical (unpaired) electrons. The van der Waals surface area contributed by atoms with Gasteiger partial charge in [0.2, 0.25) is 0 Å². The topological polar surface area (TPSA) is 66.5 Å². The molecule has 1 fully saturated rings. The Balaban J connectivity index is 1.64. The molecule has 0 spiro atoms. The highest BCUT2D eigenvalue weighted by Crippen LogP contribution is 2.27. The lowest BCUT2D eigenvalue weighted by atomic mass is 10.1. The highest BCUT2D eigenvalue weighted by Gasteiger charge is 2.18. The summed E-state index contributed by atoms with van der Waals surface area (Å²) in [6.45, 7) is 1.15. The Labute approximate surface area is 207 Å². The minimum atomic E-state index is -0.733. The molecule has 1 amide bonds. The summed E-state index contributed by atoms with van der Waals surface area (Å²) in [6.07, 6.45) is 4.75. The fourth-order valence-electron chi connectivity index (χ4n) is 2.99. The van der Waals surface area contributed by atoms with Crippen molar-refractivity contribution in [1.82, 2.24) is 15.6 Å². The van der Waals surface area contributed by atoms with Gasteiger partial charge in [-0.3, -0.25) is 4.79 Å². The molecule has 1 aliphatic carbocycles. The van der Waals surface area contributed by atoms with E-state index < -0.39 is 17.7 Å². The second-order valence-electron chi connectivity index (χ2n) is 7.86. The maximum Gasteiger partial charge on any atom is 0.251 e. The number of anilines is 1. The number of aromatic nitrogens is 1. The van der Waals surface area contributed by atoms with Crippen LogP contribution in [-0.4, -0.2) is 49.9 Å². The first-order valence-electron chi connectivity index (χ1n) is 10.9. The number of nitrogens with zero attached hydrogens (tertiary/aromatic N) is 2. The molecule has 1 aromatic heterocycles. The molecule has 10 heteroatoms. The van der Waals surface area contributed by atoms with Crippen molar-refractivity contribution in [3.8, 4) is 17.6 Å². The third kappa shape index (κ3) is 8.67. The quantitative estimate of drug-likeness (QED) is 0.204. The van der Waals surface area contributed by atoms with Crippen LogP contribution in [0, 0.1) is 29.4 Å². The average molecular weight is 509 g/mol. The fourth-order valence-corrected chi connectivity index (χ4v) is 3.48. The third-order valence-electron chi connectivity index (χ3n) is 5.03. The Hall–Kier alpha value is -2.54. The Kier molecular flexibility index (Phi) is 9.81. The summed E-state index contributed by atoms with van der Waals surface area (Å²) in [5.74, 6) is 5.59. The maximum atomic E-state index is 13.5. The number of carbonyl (C=O) groups excluding carboxylic acids is 1. The van der Waals surface area contributed by atoms with Crippen LogP contribution in [0.1, 0.15) is 29.6 Å². The molecule has 6 nitrogen and oxygen atoms in total. The molecule has 2 aromatic rings. The van der Waals surface area contributed by atoms with Crippen LogP contribution >= 0.6 is 23.5 Å². The zero-order chi connectivity index (χ0) is 24.5. The van der Waals surface area contributed by atoms with E-state index in [9.17, 15) is 13.6 Å². The number of amides is 1. The predicted molar refractivity (Wildman–Crippen MR) is 132 cm³/mol. The monoisotopic (exact) mass is 508 g/mol. The van der Waals surface area contributed by atoms with Gasteiger partial charge in [-0.15, -0.1) is 0 Å². The molecule has 1 atom stereocenters. The Morgan fingerprint density at radius 2 is 2.03 bits per heavy atom. The number of nitrogens with one attached hydrogen (secondary N) is 2. The lowest BCUT2D eigenvalue weighted by Crippen LogP contribution is -2.41. The molecule has 0 bridgehead atoms. The van der Waals surface area contributed by atoms with E-state index in [2.05, 4.69) is 27.5 Å². The van der Waals surface area contributed by atoms with Crippen molar-refractivity contribution >= 4 is 35.3 Å². The molecule has 1 heterocycles. The number of hydrogen-bond donors (Lipinski definition) is 2. The van der Waals surface area contributed by atoms with Gasteiger partial charge in [0.1, 0.15) is 35.0 Å². The maximum absolute atomic E-state index is 13.5. The van der Waals surface area contributed by atoms with Gasteiger partial charge in [-0.1, -0.05) is 35.4 Å². The van der Waals surface area contributed by atoms with E-state index in [1.54, 1.807) is 10.4 Å². The van der Waals surface area contributed by atoms with Gasteiger partial charge in [-0.2, -0.15) is 0 Å². The van der Waals surface area contributed by atoms with Crippen LogP contribution in [0.2, 0.25) is 5.15 Å². The van der Waals surface area contributed by atoms with Crippen LogP contribution < -0.4 is 19.7 Å². The van der Waals surface area contributed by atoms with Crippen molar-refractivity contribution in [3.05, 3.63) is 52.7 Å². The number of pyridine rings is 1. The predicted octanol–water partition coefficient (Wildman–Crippen LogP) is 4.30. The van der Waals surface area contributed by atoms with E-state index in [1.165, 1.54) is 30.9 Å². The molecule has 182 valence electrons. The van der Waals surface area contributed by atoms with Crippen molar-refractivity contribution in [3.63, 3.8) is 0 Å². The van der Waals surface area contributed by atoms with Crippen LogP contribution in [0.15, 0.2) is 30.3 Å². The van der Waals surface area contributed by atoms with Crippen LogP contribution in [0.4, 0.5) is 14.6 Å². The van der Waals surface area contributed by atoms with Gasteiger partial charge in [0.05, 0.1) is 12.6 Å². The Morgan fingerprint density at radius 3 is 2.71 bits per heavy atom. The van der Waals surface area contributed by atoms with Gasteiger partial charge in [0.15, 0.2) is 0 Å². The van der Waals surface area contributed by atoms with Gasteiger partial charge < -0.3 is 19.7 Å². The molecule has 34 heavy (non-hydrogen) atoms. The second kappa shape index (κ2) is 12.8. The number of ether oxygens (including phenoxy) is 1. The minimum absolute atomic E-state index is 0.0282. The molecular weight excluding hydrogens is 482 g/mol. The normalized spacial score (nSPS) is 13.6. The Bertz CT molecular complexity index is 1040. The van der Waals surface area contributed by atoms with E-state index in [0.717, 1.165) is 18.2 Å². The molecule has 0 aliphatic heterocycles. The van der Waals surface area contributed by atoms with E-state index in [4.69, 9.17) is 16.3 Å². The van der Waals surface area contributed by atoms with Crippen molar-refractivity contribution in [2.75, 3.05) is 37.3 Å². The largest absolute Gasteiger partial charge is 0.491 e. The van der Waals surface area contributed by atoms with Gasteiger partial charge in [0.25, 0.3) is 5.91 Å². The first-order chi connectivity index (χ1) is 16.3. The second-order valence-corrected chi connectivity index (χ2v) is 9.16. The van der Waals surface area contributed by atoms with Crippen molar-refractivity contribution in [2.24, 2.45) is 5.92 Å². The molecular formula is C24H27ClF2N4O2S. The number of rotatable bonds is 11. The van der Waals surface area contributed by atoms with Crippen LogP contribution in [0.5, 0.6) is 5.75 Å². The standard InChI is InChI=1S/C24H27ClF2N4O2S/c1-31(34-2)23-11-17(10-22(25)30-23)24(32)29-20(7-9-28-8-3-4-16-5-6-16)15-33-21-13-18(26)12-19(27)14-21/h10-14,16,20,28H,5-9,15H2,1-2H3,(H,29,32)/t20-/m1/s1. The van der Waals surface area contributed by atoms with Gasteiger partial charge >= 0.3 is 0 Å². The van der Waals surface area contributed by atoms with E-state index in [1.807, 2.05) is 13.3 Å². The van der Waals surface area contributed by atoms with E-state index >= 15 is 0 Å². The minimum Gasteiger partial charge on any atom is -0.491 e. The van der Waals surface area contributed by atoms with Gasteiger partial charge in [-0.05, 0) is 37.9 Å². The SMILES string of the molecule is CSN(C)c1cc(C(=O)N[C@H](CCNCC#CC2CC2)COc2cc(F)cc(F)c2)cc(Cl)n1. The zero-order valence-electron chi connectivity index (χ0n) is 19.0. The number of benzene rings is 1. The van der Waals surface area contributed by atoms with Crippen molar-refractivity contribution in [2.45, 2.75) is 25.3 Å². The van der Waals surface area contributed by atoms with Crippen molar-refractivity contribution in [1.29, 1.82) is 0 Å². The van der Waals surface area contributed by atoms with Gasteiger partial charge in [0, 0.05) is 43.0 Å². The van der Waals surface area contributed by atoms with Crippen LogP contribution in [0.3, 0.4) is 0 Å². The summed E-state index contributed by atoms with van der Waals surface area (Å²) in [7, 11) is 1.82. The molecule has 1 aromatic carbocycles. The van der Waals surface area contributed by atoms with Crippen molar-refractivity contribution < 1.29 is 18.3 Å². The number of carbonyl (C=O) groups is 1. The molecule has 1 aliphatic rings. The van der Waals surface area contributed by atoms with E-state index in [-0.39, 0.29) is 23.4 Å². The first-order valence-corrected chi connectivity index (χ1v) is 12.4. The molecule has 3 rings (SSSR count).